The first-order chi connectivity index (χ1) is 14.1. The number of amides is 1. The van der Waals surface area contributed by atoms with Gasteiger partial charge in [-0.15, -0.1) is 0 Å². The van der Waals surface area contributed by atoms with E-state index in [9.17, 15) is 4.79 Å². The molecular weight excluding hydrogens is 366 g/mol. The first-order valence-electron chi connectivity index (χ1n) is 9.44. The average Bonchev–Trinajstić information content (AvgIpc) is 3.30. The minimum atomic E-state index is -0.251. The summed E-state index contributed by atoms with van der Waals surface area (Å²) in [4.78, 5) is 13.0. The summed E-state index contributed by atoms with van der Waals surface area (Å²) in [6.45, 7) is 1.83. The third-order valence-corrected chi connectivity index (χ3v) is 4.98. The summed E-state index contributed by atoms with van der Waals surface area (Å²) in [5, 5.41) is 13.8. The van der Waals surface area contributed by atoms with Crippen molar-refractivity contribution in [3.63, 3.8) is 0 Å². The lowest BCUT2D eigenvalue weighted by molar-refractivity contribution is -0.110. The Labute approximate surface area is 169 Å². The molecular formula is C22H23N5O2. The zero-order valence-corrected chi connectivity index (χ0v) is 16.7. The van der Waals surface area contributed by atoms with E-state index in [0.717, 1.165) is 11.3 Å². The van der Waals surface area contributed by atoms with Gasteiger partial charge in [0.1, 0.15) is 11.4 Å². The average molecular weight is 389 g/mol. The van der Waals surface area contributed by atoms with E-state index in [-0.39, 0.29) is 11.9 Å². The van der Waals surface area contributed by atoms with Crippen LogP contribution in [0.5, 0.6) is 5.88 Å². The number of carbonyl (C=O) groups is 1. The molecule has 1 N–H and O–H groups in total. The second-order valence-corrected chi connectivity index (χ2v) is 6.90. The molecule has 0 unspecified atom stereocenters. The van der Waals surface area contributed by atoms with Crippen LogP contribution >= 0.6 is 0 Å². The molecule has 2 aromatic carbocycles. The summed E-state index contributed by atoms with van der Waals surface area (Å²) in [6, 6.07) is 19.9. The van der Waals surface area contributed by atoms with E-state index in [2.05, 4.69) is 27.6 Å². The molecule has 1 aliphatic rings. The molecule has 1 atom stereocenters. The normalized spacial score (nSPS) is 15.9. The molecule has 0 saturated heterocycles. The van der Waals surface area contributed by atoms with Gasteiger partial charge in [0.15, 0.2) is 0 Å². The van der Waals surface area contributed by atoms with Crippen LogP contribution in [0.25, 0.3) is 0 Å². The van der Waals surface area contributed by atoms with E-state index in [1.165, 1.54) is 0 Å². The highest BCUT2D eigenvalue weighted by Crippen LogP contribution is 2.35. The van der Waals surface area contributed by atoms with Crippen molar-refractivity contribution >= 4 is 23.0 Å². The van der Waals surface area contributed by atoms with Gasteiger partial charge in [-0.3, -0.25) is 9.80 Å². The largest absolute Gasteiger partial charge is 0.480 e. The van der Waals surface area contributed by atoms with E-state index < -0.39 is 0 Å². The Bertz CT molecular complexity index is 1040. The Morgan fingerprint density at radius 2 is 1.76 bits per heavy atom. The van der Waals surface area contributed by atoms with Gasteiger partial charge in [-0.1, -0.05) is 48.5 Å². The van der Waals surface area contributed by atoms with Crippen LogP contribution in [-0.4, -0.2) is 28.5 Å². The number of hydrazone groups is 1. The van der Waals surface area contributed by atoms with Gasteiger partial charge in [-0.05, 0) is 24.6 Å². The summed E-state index contributed by atoms with van der Waals surface area (Å²) in [5.41, 5.74) is 3.78. The molecule has 0 saturated carbocycles. The summed E-state index contributed by atoms with van der Waals surface area (Å²) in [6.07, 6.45) is 0.506. The van der Waals surface area contributed by atoms with Gasteiger partial charge in [0.2, 0.25) is 5.88 Å². The van der Waals surface area contributed by atoms with E-state index in [1.807, 2.05) is 60.5 Å². The van der Waals surface area contributed by atoms with Crippen LogP contribution in [0.2, 0.25) is 0 Å². The number of anilines is 2. The highest BCUT2D eigenvalue weighted by Gasteiger charge is 2.33. The van der Waals surface area contributed by atoms with Gasteiger partial charge < -0.3 is 10.1 Å². The van der Waals surface area contributed by atoms with Crippen molar-refractivity contribution in [2.75, 3.05) is 17.4 Å². The van der Waals surface area contributed by atoms with Crippen molar-refractivity contribution in [3.05, 3.63) is 71.9 Å². The summed E-state index contributed by atoms with van der Waals surface area (Å²) >= 11 is 0. The fourth-order valence-corrected chi connectivity index (χ4v) is 3.60. The molecule has 7 nitrogen and oxygen atoms in total. The van der Waals surface area contributed by atoms with Crippen LogP contribution in [0, 0.1) is 6.92 Å². The topological polar surface area (TPSA) is 71.8 Å². The zero-order valence-electron chi connectivity index (χ0n) is 16.7. The minimum Gasteiger partial charge on any atom is -0.480 e. The van der Waals surface area contributed by atoms with Gasteiger partial charge in [-0.25, -0.2) is 4.68 Å². The molecule has 7 heteroatoms. The second-order valence-electron chi connectivity index (χ2n) is 6.90. The second kappa shape index (κ2) is 7.79. The smallest absolute Gasteiger partial charge is 0.272 e. The molecule has 1 aromatic heterocycles. The number of hydrogen-bond donors (Lipinski definition) is 1. The van der Waals surface area contributed by atoms with Gasteiger partial charge in [0, 0.05) is 13.5 Å². The number of aryl methyl sites for hydroxylation is 2. The zero-order chi connectivity index (χ0) is 20.4. The van der Waals surface area contributed by atoms with Gasteiger partial charge in [-0.2, -0.15) is 10.2 Å². The van der Waals surface area contributed by atoms with Crippen LogP contribution in [0.4, 0.5) is 11.4 Å². The highest BCUT2D eigenvalue weighted by atomic mass is 16.5. The molecule has 1 amide bonds. The number of aromatic nitrogens is 2. The Kier molecular flexibility index (Phi) is 5.03. The Morgan fingerprint density at radius 3 is 2.41 bits per heavy atom. The predicted molar refractivity (Wildman–Crippen MR) is 113 cm³/mol. The summed E-state index contributed by atoms with van der Waals surface area (Å²) in [7, 11) is 3.33. The first kappa shape index (κ1) is 18.7. The molecule has 2 heterocycles. The van der Waals surface area contributed by atoms with E-state index in [1.54, 1.807) is 18.8 Å². The van der Waals surface area contributed by atoms with Gasteiger partial charge >= 0.3 is 0 Å². The SMILES string of the molecule is COc1c(NC(=O)C2=NN(c3ccccc3)[C@H](c3ccccc3)C2)c(C)nn1C. The maximum absolute atomic E-state index is 13.0. The van der Waals surface area contributed by atoms with E-state index in [0.29, 0.717) is 29.4 Å². The number of hydrogen-bond acceptors (Lipinski definition) is 5. The minimum absolute atomic E-state index is 0.0451. The quantitative estimate of drug-likeness (QED) is 0.723. The molecule has 0 fully saturated rings. The Balaban J connectivity index is 1.64. The lowest BCUT2D eigenvalue weighted by atomic mass is 10.0. The van der Waals surface area contributed by atoms with Crippen LogP contribution in [0.1, 0.15) is 23.7 Å². The van der Waals surface area contributed by atoms with E-state index >= 15 is 0 Å². The van der Waals surface area contributed by atoms with Crippen molar-refractivity contribution in [1.82, 2.24) is 9.78 Å². The van der Waals surface area contributed by atoms with Crippen molar-refractivity contribution in [1.29, 1.82) is 0 Å². The van der Waals surface area contributed by atoms with Crippen LogP contribution in [-0.2, 0) is 11.8 Å². The van der Waals surface area contributed by atoms with Crippen molar-refractivity contribution in [2.24, 2.45) is 12.1 Å². The molecule has 0 bridgehead atoms. The van der Waals surface area contributed by atoms with Crippen LogP contribution < -0.4 is 15.1 Å². The third kappa shape index (κ3) is 3.59. The molecule has 0 radical (unpaired) electrons. The van der Waals surface area contributed by atoms with Crippen molar-refractivity contribution in [2.45, 2.75) is 19.4 Å². The van der Waals surface area contributed by atoms with E-state index in [4.69, 9.17) is 4.74 Å². The molecule has 29 heavy (non-hydrogen) atoms. The third-order valence-electron chi connectivity index (χ3n) is 4.98. The van der Waals surface area contributed by atoms with Crippen molar-refractivity contribution in [3.8, 4) is 5.88 Å². The standard InChI is InChI=1S/C22H23N5O2/c1-15-20(22(29-3)26(2)24-15)23-21(28)18-14-19(16-10-6-4-7-11-16)27(25-18)17-12-8-5-9-13-17/h4-13,19H,14H2,1-3H3,(H,23,28)/t19-/m0/s1. The number of para-hydroxylation sites is 1. The Hall–Kier alpha value is -3.61. The number of ether oxygens (including phenoxy) is 1. The molecule has 1 aliphatic heterocycles. The number of nitrogens with one attached hydrogen (secondary N) is 1. The monoisotopic (exact) mass is 389 g/mol. The molecule has 0 spiro atoms. The molecule has 3 aromatic rings. The Morgan fingerprint density at radius 1 is 1.10 bits per heavy atom. The van der Waals surface area contributed by atoms with Crippen molar-refractivity contribution < 1.29 is 9.53 Å². The molecule has 0 aliphatic carbocycles. The number of nitrogens with zero attached hydrogens (tertiary/aromatic N) is 4. The lowest BCUT2D eigenvalue weighted by Crippen LogP contribution is -2.22. The van der Waals surface area contributed by atoms with Gasteiger partial charge in [0.25, 0.3) is 5.91 Å². The summed E-state index contributed by atoms with van der Waals surface area (Å²) in [5.74, 6) is 0.257. The predicted octanol–water partition coefficient (Wildman–Crippen LogP) is 3.68. The maximum Gasteiger partial charge on any atom is 0.272 e. The number of methoxy groups -OCH3 is 1. The number of rotatable bonds is 5. The highest BCUT2D eigenvalue weighted by molar-refractivity contribution is 6.44. The first-order valence-corrected chi connectivity index (χ1v) is 9.44. The number of carbonyl (C=O) groups excluding carboxylic acids is 1. The van der Waals surface area contributed by atoms with Crippen LogP contribution in [0.3, 0.4) is 0 Å². The molecule has 148 valence electrons. The summed E-state index contributed by atoms with van der Waals surface area (Å²) < 4.78 is 6.98. The lowest BCUT2D eigenvalue weighted by Gasteiger charge is -2.23. The fourth-order valence-electron chi connectivity index (χ4n) is 3.60. The van der Waals surface area contributed by atoms with Crippen LogP contribution in [0.15, 0.2) is 65.8 Å². The fraction of sp³-hybridized carbons (Fsp3) is 0.227. The molecule has 4 rings (SSSR count). The number of benzene rings is 2. The maximum atomic E-state index is 13.0. The van der Waals surface area contributed by atoms with Gasteiger partial charge in [0.05, 0.1) is 24.5 Å².